The molecule has 7 aliphatic heterocycles. The molecule has 0 aromatic heterocycles. The molecule has 8 aromatic rings. The molecule has 2 fully saturated rings. The number of amides is 7. The molecule has 692 valence electrons. The third-order valence-corrected chi connectivity index (χ3v) is 25.7. The van der Waals surface area contributed by atoms with Crippen LogP contribution in [0.15, 0.2) is 138 Å². The minimum Gasteiger partial charge on any atom is -0.508 e. The van der Waals surface area contributed by atoms with Crippen molar-refractivity contribution < 1.29 is 130 Å². The summed E-state index contributed by atoms with van der Waals surface area (Å²) in [7, 11) is -3.34. The van der Waals surface area contributed by atoms with Gasteiger partial charge in [0.25, 0.3) is 10.1 Å². The van der Waals surface area contributed by atoms with Crippen LogP contribution in [0.5, 0.6) is 51.7 Å². The van der Waals surface area contributed by atoms with E-state index >= 15 is 24.0 Å². The van der Waals surface area contributed by atoms with Crippen LogP contribution in [0.1, 0.15) is 133 Å². The van der Waals surface area contributed by atoms with E-state index in [4.69, 9.17) is 89.5 Å². The minimum absolute atomic E-state index is 0.107. The zero-order chi connectivity index (χ0) is 94.1. The number of nitrogens with two attached hydrogens (primary N) is 1. The number of ether oxygens (including phenoxy) is 7. The number of carboxylic acid groups (broad SMARTS) is 1. The van der Waals surface area contributed by atoms with Gasteiger partial charge in [0.05, 0.1) is 56.3 Å². The molecule has 0 radical (unpaired) electrons. The number of aliphatic hydroxyl groups excluding tert-OH is 5. The Labute approximate surface area is 764 Å². The van der Waals surface area contributed by atoms with Crippen LogP contribution in [0.2, 0.25) is 20.1 Å². The van der Waals surface area contributed by atoms with Crippen molar-refractivity contribution in [3.05, 3.63) is 209 Å². The number of carbonyl (C=O) groups excluding carboxylic acids is 7. The van der Waals surface area contributed by atoms with Crippen molar-refractivity contribution in [2.24, 2.45) is 11.7 Å². The Bertz CT molecular complexity index is 5820. The fourth-order valence-electron chi connectivity index (χ4n) is 16.2. The Kier molecular flexibility index (Phi) is 29.5. The fraction of sp³-hybridized carbons (Fsp3) is 0.371. The number of aliphatic carboxylic acids is 1. The van der Waals surface area contributed by atoms with Crippen LogP contribution in [0.4, 0.5) is 0 Å². The molecular weight excluding hydrogens is 1800 g/mol. The average Bonchev–Trinajstić information content (AvgIpc) is 0.743. The summed E-state index contributed by atoms with van der Waals surface area (Å²) in [5.41, 5.74) is 4.10. The molecule has 0 aliphatic carbocycles. The number of hydrogen-bond donors (Lipinski definition) is 18. The standard InChI is InChI=1S/C89H95Cl4N9O27S/c1-37(2)21-56(95-8)81(112)101-71-73(107)45-13-19-60(54(92)26-45)125-62-28-47-29-63(77(62)129-88-78(76(110)75(109)64(127-88)36-123-130(120,121)79-39(4)22-38(3)23-40(79)5)128-66-33-89(7,80(111)41(6)124-66)96-34-42-9-15-49(16-10-42)122-35-43-11-17-52(90)53(91)24-43)126-61-20-14-46(27-55(61)93)74(108)72-86(117)100-70(87(118)119)51-30-48(103)31-59(105)67(51)50-25-44(12-18-58(50)104)68(83(114)102-72)99-84(115)69(47)98-82(113)57(32-65(94)106)97-85(71)116/h9-20,22-31,37,41,56-57,64,66,68-76,78,80,88,95-96,103-105,107-111H,21,32-36H2,1-8H3,(H2,94,106)(H,97,116)(H,98,113)(H,99,115)(H,100,117)(H,101,112)(H,102,114)(H,118,119)/t41?,56-,57+,64?,66?,68?,69-,70+,71-,72+,73-,74-,75?,76?,78?,80?,88?,89?/m1/s1. The second kappa shape index (κ2) is 39.9. The largest absolute Gasteiger partial charge is 0.508 e. The molecule has 7 aliphatic rings. The van der Waals surface area contributed by atoms with E-state index in [2.05, 4.69) is 42.5 Å². The quantitative estimate of drug-likeness (QED) is 0.0299. The number of halogens is 4. The summed E-state index contributed by atoms with van der Waals surface area (Å²) >= 11 is 26.9. The lowest BCUT2D eigenvalue weighted by molar-refractivity contribution is -0.334. The third-order valence-electron chi connectivity index (χ3n) is 22.8. The lowest BCUT2D eigenvalue weighted by Gasteiger charge is -2.48. The number of phenols is 3. The fourth-order valence-corrected chi connectivity index (χ4v) is 18.3. The molecule has 15 rings (SSSR count). The van der Waals surface area contributed by atoms with Crippen molar-refractivity contribution in [1.82, 2.24) is 42.5 Å². The predicted molar refractivity (Wildman–Crippen MR) is 466 cm³/mol. The third kappa shape index (κ3) is 21.4. The van der Waals surface area contributed by atoms with Crippen molar-refractivity contribution >= 4 is 104 Å². The number of aromatic hydroxyl groups is 3. The first kappa shape index (κ1) is 96.3. The van der Waals surface area contributed by atoms with Crippen LogP contribution < -0.4 is 67.2 Å². The van der Waals surface area contributed by atoms with Crippen molar-refractivity contribution in [1.29, 1.82) is 0 Å². The van der Waals surface area contributed by atoms with Gasteiger partial charge in [-0.1, -0.05) is 114 Å². The SMILES string of the molecule is CN[C@H](CC(C)C)C(=O)N[C@H]1C(=O)N[C@@H](CC(N)=O)C(=O)N[C@H]2C(=O)NC3C(=O)N[C@H](C(=O)N[C@H](C(=O)O)c4cc(O)cc(O)c4-c4cc3ccc4O)[C@H](O)c3ccc(c(Cl)c3)Oc3cc2cc(c3OC2OC(COS(=O)(=O)c3c(C)cc(C)cc3C)C(O)C(O)C2OC2CC(C)(NCc3ccc(OCc4ccc(Cl)c(Cl)c4)cc3)C(O)C(C)O2)Oc2ccc(cc2Cl)[C@H]1O. The molecular formula is C89H95Cl4N9O27S. The van der Waals surface area contributed by atoms with E-state index in [1.54, 1.807) is 68.4 Å². The van der Waals surface area contributed by atoms with Gasteiger partial charge in [-0.3, -0.25) is 37.7 Å². The van der Waals surface area contributed by atoms with Gasteiger partial charge in [0.15, 0.2) is 29.9 Å². The lowest BCUT2D eigenvalue weighted by atomic mass is 9.84. The Balaban J connectivity index is 0.994. The topological polar surface area (TPSA) is 549 Å². The highest BCUT2D eigenvalue weighted by molar-refractivity contribution is 7.86. The van der Waals surface area contributed by atoms with Crippen molar-refractivity contribution in [2.75, 3.05) is 13.7 Å². The van der Waals surface area contributed by atoms with Crippen LogP contribution in [-0.4, -0.2) is 194 Å². The molecule has 7 amide bonds. The van der Waals surface area contributed by atoms with E-state index in [0.29, 0.717) is 26.9 Å². The maximum atomic E-state index is 16.4. The molecule has 18 atom stereocenters. The first-order valence-electron chi connectivity index (χ1n) is 40.9. The normalized spacial score (nSPS) is 25.6. The van der Waals surface area contributed by atoms with Gasteiger partial charge in [-0.15, -0.1) is 0 Å². The van der Waals surface area contributed by atoms with Gasteiger partial charge >= 0.3 is 5.97 Å². The smallest absolute Gasteiger partial charge is 0.330 e. The number of carbonyl (C=O) groups is 8. The van der Waals surface area contributed by atoms with Gasteiger partial charge in [-0.2, -0.15) is 8.42 Å². The van der Waals surface area contributed by atoms with Crippen LogP contribution >= 0.6 is 46.4 Å². The zero-order valence-electron chi connectivity index (χ0n) is 70.7. The highest BCUT2D eigenvalue weighted by Gasteiger charge is 2.53. The summed E-state index contributed by atoms with van der Waals surface area (Å²) < 4.78 is 81.1. The maximum Gasteiger partial charge on any atom is 0.330 e. The van der Waals surface area contributed by atoms with E-state index in [1.165, 1.54) is 40.0 Å². The summed E-state index contributed by atoms with van der Waals surface area (Å²) in [6.07, 6.45) is -20.3. The Morgan fingerprint density at radius 1 is 0.646 bits per heavy atom. The average molecular weight is 1900 g/mol. The van der Waals surface area contributed by atoms with Crippen molar-refractivity contribution in [3.8, 4) is 62.9 Å². The van der Waals surface area contributed by atoms with Crippen molar-refractivity contribution in [2.45, 2.75) is 195 Å². The first-order valence-corrected chi connectivity index (χ1v) is 43.8. The number of fused-ring (bicyclic) bond motifs is 15. The monoisotopic (exact) mass is 1890 g/mol. The number of nitrogens with one attached hydrogen (secondary N) is 8. The number of primary amides is 1. The molecule has 19 N–H and O–H groups in total. The van der Waals surface area contributed by atoms with Gasteiger partial charge in [0, 0.05) is 41.3 Å². The molecule has 130 heavy (non-hydrogen) atoms. The second-order valence-corrected chi connectivity index (χ2v) is 36.1. The van der Waals surface area contributed by atoms with Gasteiger partial charge in [-0.05, 0) is 177 Å². The molecule has 0 saturated carbocycles. The van der Waals surface area contributed by atoms with Gasteiger partial charge < -0.3 is 127 Å². The van der Waals surface area contributed by atoms with E-state index in [-0.39, 0.29) is 59.1 Å². The Hall–Kier alpha value is -11.2. The summed E-state index contributed by atoms with van der Waals surface area (Å²) in [4.78, 5) is 119. The van der Waals surface area contributed by atoms with Gasteiger partial charge in [0.1, 0.15) is 102 Å². The molecule has 10 unspecified atom stereocenters. The van der Waals surface area contributed by atoms with E-state index in [0.717, 1.165) is 72.3 Å². The number of phenolic OH excluding ortho intramolecular Hbond substituents is 3. The molecule has 2 saturated heterocycles. The van der Waals surface area contributed by atoms with Gasteiger partial charge in [-0.25, -0.2) is 4.79 Å². The molecule has 11 bridgehead atoms. The van der Waals surface area contributed by atoms with Crippen LogP contribution in [0, 0.1) is 26.7 Å². The summed E-state index contributed by atoms with van der Waals surface area (Å²) in [5.74, 6) is -16.2. The van der Waals surface area contributed by atoms with E-state index < -0.39 is 264 Å². The molecule has 7 heterocycles. The van der Waals surface area contributed by atoms with Crippen LogP contribution in [-0.2, 0) is 80.0 Å². The number of rotatable bonds is 22. The summed E-state index contributed by atoms with van der Waals surface area (Å²) in [5, 5.41) is 128. The van der Waals surface area contributed by atoms with Gasteiger partial charge in [0.2, 0.25) is 53.4 Å². The highest BCUT2D eigenvalue weighted by atomic mass is 35.5. The number of aryl methyl sites for hydroxylation is 3. The van der Waals surface area contributed by atoms with Crippen LogP contribution in [0.3, 0.4) is 0 Å². The number of likely N-dealkylation sites (N-methyl/N-ethyl adjacent to an activating group) is 1. The lowest BCUT2D eigenvalue weighted by Crippen LogP contribution is -2.65. The van der Waals surface area contributed by atoms with Crippen LogP contribution in [0.25, 0.3) is 11.1 Å². The first-order chi connectivity index (χ1) is 61.5. The number of carboxylic acids is 1. The Morgan fingerprint density at radius 2 is 1.26 bits per heavy atom. The molecule has 41 heteroatoms. The Morgan fingerprint density at radius 3 is 1.88 bits per heavy atom. The molecule has 0 spiro atoms. The number of hydrogen-bond acceptors (Lipinski definition) is 28. The maximum absolute atomic E-state index is 16.4. The highest BCUT2D eigenvalue weighted by Crippen LogP contribution is 2.51. The summed E-state index contributed by atoms with van der Waals surface area (Å²) in [6.45, 7) is 10.8. The number of aliphatic hydroxyl groups is 5. The number of benzene rings is 8. The van der Waals surface area contributed by atoms with E-state index in [1.807, 2.05) is 13.8 Å². The molecule has 8 aromatic carbocycles. The predicted octanol–water partition coefficient (Wildman–Crippen LogP) is 7.16. The minimum atomic E-state index is -4.80. The second-order valence-electron chi connectivity index (χ2n) is 32.9. The van der Waals surface area contributed by atoms with Crippen molar-refractivity contribution in [3.63, 3.8) is 0 Å². The van der Waals surface area contributed by atoms with E-state index in [9.17, 15) is 68.8 Å². The zero-order valence-corrected chi connectivity index (χ0v) is 74.5. The molecule has 36 nitrogen and oxygen atoms in total. The summed E-state index contributed by atoms with van der Waals surface area (Å²) in [6, 6.07) is 14.0.